The number of nitrogens with one attached hydrogen (secondary N) is 3. The van der Waals surface area contributed by atoms with Gasteiger partial charge in [-0.15, -0.1) is 35.3 Å². The largest absolute Gasteiger partial charge is 0.352 e. The monoisotopic (exact) mass is 458 g/mol. The molecule has 0 aliphatic rings. The van der Waals surface area contributed by atoms with E-state index in [2.05, 4.69) is 32.4 Å². The summed E-state index contributed by atoms with van der Waals surface area (Å²) >= 11 is 1.71. The van der Waals surface area contributed by atoms with Gasteiger partial charge in [0.2, 0.25) is 0 Å². The van der Waals surface area contributed by atoms with Crippen LogP contribution in [0.4, 0.5) is 0 Å². The molecular formula is C17H23IN4OS. The van der Waals surface area contributed by atoms with Crippen LogP contribution in [0.5, 0.6) is 0 Å². The molecule has 1 amide bonds. The van der Waals surface area contributed by atoms with Crippen LogP contribution < -0.4 is 16.0 Å². The molecule has 5 nitrogen and oxygen atoms in total. The molecule has 3 N–H and O–H groups in total. The smallest absolute Gasteiger partial charge is 0.251 e. The van der Waals surface area contributed by atoms with E-state index in [1.165, 1.54) is 4.88 Å². The predicted molar refractivity (Wildman–Crippen MR) is 111 cm³/mol. The molecule has 130 valence electrons. The summed E-state index contributed by atoms with van der Waals surface area (Å²) in [5, 5.41) is 11.4. The fourth-order valence-electron chi connectivity index (χ4n) is 2.08. The zero-order chi connectivity index (χ0) is 16.5. The van der Waals surface area contributed by atoms with E-state index < -0.39 is 0 Å². The average Bonchev–Trinajstić information content (AvgIpc) is 3.09. The van der Waals surface area contributed by atoms with Crippen LogP contribution >= 0.6 is 35.3 Å². The number of aliphatic imine (C=N–C) groups is 1. The third-order valence-corrected chi connectivity index (χ3v) is 4.10. The van der Waals surface area contributed by atoms with Crippen LogP contribution in [0.15, 0.2) is 46.8 Å². The second kappa shape index (κ2) is 11.0. The maximum Gasteiger partial charge on any atom is 0.251 e. The minimum absolute atomic E-state index is 0. The molecular weight excluding hydrogens is 435 g/mol. The molecule has 0 aliphatic carbocycles. The summed E-state index contributed by atoms with van der Waals surface area (Å²) in [7, 11) is 1.74. The molecule has 1 aromatic carbocycles. The van der Waals surface area contributed by atoms with Gasteiger partial charge in [0.25, 0.3) is 5.91 Å². The lowest BCUT2D eigenvalue weighted by Crippen LogP contribution is -2.36. The van der Waals surface area contributed by atoms with Crippen LogP contribution in [0.1, 0.15) is 27.7 Å². The molecule has 0 spiro atoms. The van der Waals surface area contributed by atoms with Crippen LogP contribution in [0.2, 0.25) is 0 Å². The summed E-state index contributed by atoms with van der Waals surface area (Å²) in [6.45, 7) is 3.89. The van der Waals surface area contributed by atoms with E-state index in [1.807, 2.05) is 37.3 Å². The van der Waals surface area contributed by atoms with Gasteiger partial charge >= 0.3 is 0 Å². The van der Waals surface area contributed by atoms with E-state index in [0.717, 1.165) is 18.1 Å². The summed E-state index contributed by atoms with van der Waals surface area (Å²) in [5.41, 5.74) is 1.71. The zero-order valence-corrected chi connectivity index (χ0v) is 17.0. The van der Waals surface area contributed by atoms with Crippen molar-refractivity contribution in [2.75, 3.05) is 13.6 Å². The fraction of sp³-hybridized carbons (Fsp3) is 0.294. The highest BCUT2D eigenvalue weighted by Crippen LogP contribution is 2.07. The Kier molecular flexibility index (Phi) is 9.39. The van der Waals surface area contributed by atoms with Crippen molar-refractivity contribution in [2.45, 2.75) is 20.0 Å². The van der Waals surface area contributed by atoms with E-state index in [1.54, 1.807) is 18.4 Å². The van der Waals surface area contributed by atoms with E-state index in [-0.39, 0.29) is 29.9 Å². The predicted octanol–water partition coefficient (Wildman–Crippen LogP) is 2.98. The highest BCUT2D eigenvalue weighted by atomic mass is 127. The first-order valence-corrected chi connectivity index (χ1v) is 8.45. The summed E-state index contributed by atoms with van der Waals surface area (Å²) in [6, 6.07) is 11.7. The Labute approximate surface area is 164 Å². The molecule has 0 unspecified atom stereocenters. The lowest BCUT2D eigenvalue weighted by atomic mass is 10.1. The minimum Gasteiger partial charge on any atom is -0.352 e. The standard InChI is InChI=1S/C17H22N4OS.HI/c1-3-19-16(22)14-7-4-6-13(10-14)11-20-17(18-2)21-12-15-8-5-9-23-15;/h4-10H,3,11-12H2,1-2H3,(H,19,22)(H2,18,20,21);1H. The van der Waals surface area contributed by atoms with Gasteiger partial charge in [0, 0.05) is 30.6 Å². The van der Waals surface area contributed by atoms with Gasteiger partial charge in [-0.2, -0.15) is 0 Å². The Morgan fingerprint density at radius 3 is 2.58 bits per heavy atom. The summed E-state index contributed by atoms with van der Waals surface area (Å²) in [4.78, 5) is 17.3. The Balaban J connectivity index is 0.00000288. The maximum absolute atomic E-state index is 11.9. The van der Waals surface area contributed by atoms with Gasteiger partial charge in [0.15, 0.2) is 5.96 Å². The van der Waals surface area contributed by atoms with Crippen LogP contribution in [-0.4, -0.2) is 25.5 Å². The number of amides is 1. The first-order valence-electron chi connectivity index (χ1n) is 7.57. The van der Waals surface area contributed by atoms with Crippen molar-refractivity contribution in [3.8, 4) is 0 Å². The molecule has 0 atom stereocenters. The lowest BCUT2D eigenvalue weighted by Gasteiger charge is -2.12. The normalized spacial score (nSPS) is 10.7. The van der Waals surface area contributed by atoms with Crippen molar-refractivity contribution in [2.24, 2.45) is 4.99 Å². The summed E-state index contributed by atoms with van der Waals surface area (Å²) < 4.78 is 0. The molecule has 2 rings (SSSR count). The maximum atomic E-state index is 11.9. The zero-order valence-electron chi connectivity index (χ0n) is 13.8. The van der Waals surface area contributed by atoms with Crippen molar-refractivity contribution in [1.29, 1.82) is 0 Å². The molecule has 0 aliphatic heterocycles. The molecule has 0 radical (unpaired) electrons. The van der Waals surface area contributed by atoms with Crippen LogP contribution in [-0.2, 0) is 13.1 Å². The number of benzene rings is 1. The SMILES string of the molecule is CCNC(=O)c1cccc(CNC(=NC)NCc2cccs2)c1.I. The molecule has 1 heterocycles. The summed E-state index contributed by atoms with van der Waals surface area (Å²) in [5.74, 6) is 0.691. The molecule has 1 aromatic heterocycles. The number of halogens is 1. The third-order valence-electron chi connectivity index (χ3n) is 3.22. The second-order valence-corrected chi connectivity index (χ2v) is 5.95. The lowest BCUT2D eigenvalue weighted by molar-refractivity contribution is 0.0955. The number of hydrogen-bond donors (Lipinski definition) is 3. The van der Waals surface area contributed by atoms with Crippen molar-refractivity contribution in [3.05, 3.63) is 57.8 Å². The number of hydrogen-bond acceptors (Lipinski definition) is 3. The number of rotatable bonds is 6. The van der Waals surface area contributed by atoms with E-state index in [4.69, 9.17) is 0 Å². The molecule has 2 aromatic rings. The summed E-state index contributed by atoms with van der Waals surface area (Å²) in [6.07, 6.45) is 0. The molecule has 24 heavy (non-hydrogen) atoms. The van der Waals surface area contributed by atoms with Gasteiger partial charge in [0.1, 0.15) is 0 Å². The Bertz CT molecular complexity index is 658. The van der Waals surface area contributed by atoms with Crippen molar-refractivity contribution in [1.82, 2.24) is 16.0 Å². The third kappa shape index (κ3) is 6.48. The van der Waals surface area contributed by atoms with Gasteiger partial charge in [0.05, 0.1) is 6.54 Å². The van der Waals surface area contributed by atoms with Gasteiger partial charge in [-0.05, 0) is 36.1 Å². The fourth-order valence-corrected chi connectivity index (χ4v) is 2.72. The van der Waals surface area contributed by atoms with Gasteiger partial charge in [-0.3, -0.25) is 9.79 Å². The molecule has 7 heteroatoms. The molecule has 0 bridgehead atoms. The highest BCUT2D eigenvalue weighted by Gasteiger charge is 2.05. The first-order chi connectivity index (χ1) is 11.2. The van der Waals surface area contributed by atoms with Crippen molar-refractivity contribution >= 4 is 47.2 Å². The van der Waals surface area contributed by atoms with E-state index in [0.29, 0.717) is 18.7 Å². The second-order valence-electron chi connectivity index (χ2n) is 4.92. The van der Waals surface area contributed by atoms with Crippen molar-refractivity contribution < 1.29 is 4.79 Å². The van der Waals surface area contributed by atoms with Crippen LogP contribution in [0.25, 0.3) is 0 Å². The molecule has 0 fully saturated rings. The molecule has 0 saturated carbocycles. The quantitative estimate of drug-likeness (QED) is 0.354. The molecule has 0 saturated heterocycles. The number of thiophene rings is 1. The topological polar surface area (TPSA) is 65.5 Å². The Morgan fingerprint density at radius 1 is 1.12 bits per heavy atom. The van der Waals surface area contributed by atoms with Gasteiger partial charge < -0.3 is 16.0 Å². The van der Waals surface area contributed by atoms with Gasteiger partial charge in [-0.1, -0.05) is 18.2 Å². The number of carbonyl (C=O) groups excluding carboxylic acids is 1. The number of guanidine groups is 1. The Hall–Kier alpha value is -1.61. The van der Waals surface area contributed by atoms with Gasteiger partial charge in [-0.25, -0.2) is 0 Å². The Morgan fingerprint density at radius 2 is 1.92 bits per heavy atom. The highest BCUT2D eigenvalue weighted by molar-refractivity contribution is 14.0. The minimum atomic E-state index is -0.0467. The first kappa shape index (κ1) is 20.4. The van der Waals surface area contributed by atoms with Crippen molar-refractivity contribution in [3.63, 3.8) is 0 Å². The van der Waals surface area contributed by atoms with Crippen LogP contribution in [0, 0.1) is 0 Å². The number of carbonyl (C=O) groups is 1. The number of nitrogens with zero attached hydrogens (tertiary/aromatic N) is 1. The average molecular weight is 458 g/mol. The van der Waals surface area contributed by atoms with E-state index >= 15 is 0 Å². The van der Waals surface area contributed by atoms with Crippen LogP contribution in [0.3, 0.4) is 0 Å². The van der Waals surface area contributed by atoms with E-state index in [9.17, 15) is 4.79 Å².